The Labute approximate surface area is 182 Å². The number of methoxy groups -OCH3 is 1. The van der Waals surface area contributed by atoms with Gasteiger partial charge in [-0.3, -0.25) is 4.72 Å². The van der Waals surface area contributed by atoms with Crippen LogP contribution in [-0.2, 0) is 19.9 Å². The van der Waals surface area contributed by atoms with E-state index in [0.717, 1.165) is 5.56 Å². The highest BCUT2D eigenvalue weighted by Crippen LogP contribution is 2.39. The monoisotopic (exact) mass is 461 g/mol. The molecule has 0 atom stereocenters. The van der Waals surface area contributed by atoms with Gasteiger partial charge in [-0.05, 0) is 74.4 Å². The lowest BCUT2D eigenvalue weighted by atomic mass is 10.1. The number of hydrogen-bond acceptors (Lipinski definition) is 6. The van der Waals surface area contributed by atoms with Crippen molar-refractivity contribution in [1.29, 1.82) is 0 Å². The van der Waals surface area contributed by atoms with Crippen molar-refractivity contribution >= 4 is 25.5 Å². The summed E-state index contributed by atoms with van der Waals surface area (Å²) in [6, 6.07) is 13.4. The van der Waals surface area contributed by atoms with Gasteiger partial charge in [-0.25, -0.2) is 16.8 Å². The van der Waals surface area contributed by atoms with Crippen molar-refractivity contribution in [3.63, 3.8) is 0 Å². The standard InChI is InChI=1S/C22H23NO6S2/c1-14-5-9-19(10-6-14)31(27,28)23-20-13-15(2)21(24)22(16(20)3)30(25,26)18-11-7-17(29-4)8-12-18/h5-13,23-24H,1-4H3. The summed E-state index contributed by atoms with van der Waals surface area (Å²) in [7, 11) is -6.63. The van der Waals surface area contributed by atoms with E-state index < -0.39 is 25.6 Å². The molecule has 3 aromatic rings. The molecule has 0 spiro atoms. The highest BCUT2D eigenvalue weighted by atomic mass is 32.2. The fourth-order valence-corrected chi connectivity index (χ4v) is 5.87. The first-order chi connectivity index (χ1) is 14.5. The minimum Gasteiger partial charge on any atom is -0.506 e. The van der Waals surface area contributed by atoms with Crippen LogP contribution in [0.2, 0.25) is 0 Å². The Bertz CT molecular complexity index is 1330. The number of phenols is 1. The maximum Gasteiger partial charge on any atom is 0.261 e. The van der Waals surface area contributed by atoms with Gasteiger partial charge in [-0.1, -0.05) is 17.7 Å². The zero-order valence-electron chi connectivity index (χ0n) is 17.5. The second kappa shape index (κ2) is 8.24. The third-order valence-electron chi connectivity index (χ3n) is 4.91. The molecule has 3 aromatic carbocycles. The molecule has 9 heteroatoms. The van der Waals surface area contributed by atoms with Gasteiger partial charge in [0.05, 0.1) is 22.6 Å². The lowest BCUT2D eigenvalue weighted by Crippen LogP contribution is -2.15. The number of hydrogen-bond donors (Lipinski definition) is 2. The lowest BCUT2D eigenvalue weighted by Gasteiger charge is -2.17. The van der Waals surface area contributed by atoms with Crippen LogP contribution in [0.3, 0.4) is 0 Å². The fourth-order valence-electron chi connectivity index (χ4n) is 3.10. The van der Waals surface area contributed by atoms with Gasteiger partial charge in [0.2, 0.25) is 9.84 Å². The summed E-state index contributed by atoms with van der Waals surface area (Å²) in [5.41, 5.74) is 1.29. The Morgan fingerprint density at radius 1 is 0.839 bits per heavy atom. The molecule has 0 bridgehead atoms. The summed E-state index contributed by atoms with van der Waals surface area (Å²) in [4.78, 5) is -0.355. The van der Waals surface area contributed by atoms with E-state index in [9.17, 15) is 21.9 Å². The van der Waals surface area contributed by atoms with E-state index in [1.807, 2.05) is 6.92 Å². The molecule has 0 heterocycles. The summed E-state index contributed by atoms with van der Waals surface area (Å²) in [6.07, 6.45) is 0. The zero-order chi connectivity index (χ0) is 23.0. The molecule has 0 amide bonds. The molecule has 164 valence electrons. The summed E-state index contributed by atoms with van der Waals surface area (Å²) in [6.45, 7) is 4.79. The molecule has 0 aliphatic carbocycles. The van der Waals surface area contributed by atoms with Crippen LogP contribution in [0.15, 0.2) is 69.3 Å². The van der Waals surface area contributed by atoms with Crippen LogP contribution < -0.4 is 9.46 Å². The van der Waals surface area contributed by atoms with E-state index in [0.29, 0.717) is 5.75 Å². The highest BCUT2D eigenvalue weighted by molar-refractivity contribution is 7.93. The van der Waals surface area contributed by atoms with Gasteiger partial charge in [0.15, 0.2) is 0 Å². The van der Waals surface area contributed by atoms with Crippen molar-refractivity contribution in [1.82, 2.24) is 0 Å². The molecule has 7 nitrogen and oxygen atoms in total. The van der Waals surface area contributed by atoms with E-state index in [1.54, 1.807) is 12.1 Å². The smallest absolute Gasteiger partial charge is 0.261 e. The third kappa shape index (κ3) is 4.38. The van der Waals surface area contributed by atoms with Crippen LogP contribution in [0.25, 0.3) is 0 Å². The second-order valence-corrected chi connectivity index (χ2v) is 10.7. The minimum absolute atomic E-state index is 0.0442. The van der Waals surface area contributed by atoms with Crippen molar-refractivity contribution in [3.8, 4) is 11.5 Å². The lowest BCUT2D eigenvalue weighted by molar-refractivity contribution is 0.414. The molecule has 0 unspecified atom stereocenters. The summed E-state index contributed by atoms with van der Waals surface area (Å²) < 4.78 is 59.7. The second-order valence-electron chi connectivity index (χ2n) is 7.14. The molecule has 0 saturated carbocycles. The minimum atomic E-state index is -4.14. The average Bonchev–Trinajstić information content (AvgIpc) is 2.72. The normalized spacial score (nSPS) is 11.9. The van der Waals surface area contributed by atoms with E-state index >= 15 is 0 Å². The molecular formula is C22H23NO6S2. The zero-order valence-corrected chi connectivity index (χ0v) is 19.1. The molecule has 0 saturated heterocycles. The largest absolute Gasteiger partial charge is 0.506 e. The Morgan fingerprint density at radius 2 is 1.39 bits per heavy atom. The number of rotatable bonds is 6. The van der Waals surface area contributed by atoms with Crippen LogP contribution in [0.4, 0.5) is 5.69 Å². The van der Waals surface area contributed by atoms with E-state index in [2.05, 4.69) is 4.72 Å². The first-order valence-electron chi connectivity index (χ1n) is 9.29. The summed E-state index contributed by atoms with van der Waals surface area (Å²) in [5.74, 6) is 0.0577. The first kappa shape index (κ1) is 22.6. The topological polar surface area (TPSA) is 110 Å². The van der Waals surface area contributed by atoms with Crippen molar-refractivity contribution in [2.45, 2.75) is 35.5 Å². The highest BCUT2D eigenvalue weighted by Gasteiger charge is 2.28. The van der Waals surface area contributed by atoms with Crippen LogP contribution >= 0.6 is 0 Å². The Morgan fingerprint density at radius 3 is 1.94 bits per heavy atom. The molecule has 31 heavy (non-hydrogen) atoms. The molecule has 0 aliphatic rings. The Hall–Kier alpha value is -3.04. The molecule has 2 N–H and O–H groups in total. The average molecular weight is 462 g/mol. The predicted octanol–water partition coefficient (Wildman–Crippen LogP) is 3.96. The number of phenolic OH excluding ortho intramolecular Hbond substituents is 1. The van der Waals surface area contributed by atoms with Crippen molar-refractivity contribution in [2.75, 3.05) is 11.8 Å². The van der Waals surface area contributed by atoms with Crippen LogP contribution in [0.5, 0.6) is 11.5 Å². The number of anilines is 1. The maximum atomic E-state index is 13.3. The number of benzene rings is 3. The third-order valence-corrected chi connectivity index (χ3v) is 8.22. The van der Waals surface area contributed by atoms with Gasteiger partial charge in [0.25, 0.3) is 10.0 Å². The fraction of sp³-hybridized carbons (Fsp3) is 0.182. The van der Waals surface area contributed by atoms with Crippen LogP contribution in [0, 0.1) is 20.8 Å². The molecule has 0 radical (unpaired) electrons. The van der Waals surface area contributed by atoms with Crippen molar-refractivity contribution in [3.05, 3.63) is 71.3 Å². The SMILES string of the molecule is COc1ccc(S(=O)(=O)c2c(C)c(NS(=O)(=O)c3ccc(C)cc3)cc(C)c2O)cc1. The maximum absolute atomic E-state index is 13.3. The van der Waals surface area contributed by atoms with E-state index in [4.69, 9.17) is 4.74 Å². The molecule has 0 aromatic heterocycles. The quantitative estimate of drug-likeness (QED) is 0.538. The van der Waals surface area contributed by atoms with Crippen molar-refractivity contribution in [2.24, 2.45) is 0 Å². The van der Waals surface area contributed by atoms with Crippen LogP contribution in [-0.4, -0.2) is 29.1 Å². The van der Waals surface area contributed by atoms with E-state index in [-0.39, 0.29) is 31.5 Å². The Balaban J connectivity index is 2.12. The van der Waals surface area contributed by atoms with Crippen LogP contribution in [0.1, 0.15) is 16.7 Å². The van der Waals surface area contributed by atoms with Gasteiger partial charge in [-0.15, -0.1) is 0 Å². The van der Waals surface area contributed by atoms with Gasteiger partial charge in [0.1, 0.15) is 16.4 Å². The molecule has 3 rings (SSSR count). The summed E-state index contributed by atoms with van der Waals surface area (Å²) >= 11 is 0. The Kier molecular flexibility index (Phi) is 6.02. The number of aryl methyl sites for hydroxylation is 2. The number of sulfone groups is 1. The van der Waals surface area contributed by atoms with E-state index in [1.165, 1.54) is 63.4 Å². The first-order valence-corrected chi connectivity index (χ1v) is 12.3. The number of sulfonamides is 1. The van der Waals surface area contributed by atoms with Crippen molar-refractivity contribution < 1.29 is 26.7 Å². The van der Waals surface area contributed by atoms with Gasteiger partial charge >= 0.3 is 0 Å². The molecule has 0 fully saturated rings. The van der Waals surface area contributed by atoms with Gasteiger partial charge < -0.3 is 9.84 Å². The predicted molar refractivity (Wildman–Crippen MR) is 118 cm³/mol. The summed E-state index contributed by atoms with van der Waals surface area (Å²) in [5, 5.41) is 10.6. The molecular weight excluding hydrogens is 438 g/mol. The number of ether oxygens (including phenoxy) is 1. The number of aromatic hydroxyl groups is 1. The van der Waals surface area contributed by atoms with Gasteiger partial charge in [0, 0.05) is 0 Å². The number of nitrogens with one attached hydrogen (secondary N) is 1. The van der Waals surface area contributed by atoms with Gasteiger partial charge in [-0.2, -0.15) is 0 Å². The molecule has 0 aliphatic heterocycles.